The molecule has 138 valence electrons. The quantitative estimate of drug-likeness (QED) is 0.774. The first-order valence-corrected chi connectivity index (χ1v) is 9.35. The number of aromatic nitrogens is 4. The Kier molecular flexibility index (Phi) is 3.92. The fourth-order valence-electron chi connectivity index (χ4n) is 4.02. The van der Waals surface area contributed by atoms with E-state index in [1.165, 1.54) is 0 Å². The number of fused-ring (bicyclic) bond motifs is 2. The number of aryl methyl sites for hydroxylation is 1. The lowest BCUT2D eigenvalue weighted by atomic mass is 10.1. The second-order valence-corrected chi connectivity index (χ2v) is 7.13. The Labute approximate surface area is 157 Å². The summed E-state index contributed by atoms with van der Waals surface area (Å²) >= 11 is 0. The number of carbonyl (C=O) groups excluding carboxylic acids is 1. The predicted molar refractivity (Wildman–Crippen MR) is 98.4 cm³/mol. The van der Waals surface area contributed by atoms with Gasteiger partial charge in [-0.05, 0) is 37.5 Å². The van der Waals surface area contributed by atoms with E-state index in [1.54, 1.807) is 6.20 Å². The highest BCUT2D eigenvalue weighted by Gasteiger charge is 2.31. The van der Waals surface area contributed by atoms with Gasteiger partial charge in [0.1, 0.15) is 6.10 Å². The molecule has 1 N–H and O–H groups in total. The second-order valence-electron chi connectivity index (χ2n) is 7.13. The van der Waals surface area contributed by atoms with E-state index in [0.29, 0.717) is 31.2 Å². The maximum atomic E-state index is 13.3. The van der Waals surface area contributed by atoms with Crippen molar-refractivity contribution < 1.29 is 9.53 Å². The molecule has 3 aromatic rings. The SMILES string of the molecule is O=C(c1n[nH]c2c1CCC2)N1Cc2cccn2C[C@H](Oc2ccccn2)C1. The van der Waals surface area contributed by atoms with Gasteiger partial charge in [0.15, 0.2) is 5.69 Å². The Bertz CT molecular complexity index is 962. The zero-order valence-corrected chi connectivity index (χ0v) is 15.0. The van der Waals surface area contributed by atoms with E-state index in [-0.39, 0.29) is 12.0 Å². The van der Waals surface area contributed by atoms with Crippen molar-refractivity contribution in [1.82, 2.24) is 24.6 Å². The molecule has 2 aliphatic rings. The first-order valence-electron chi connectivity index (χ1n) is 9.35. The molecule has 27 heavy (non-hydrogen) atoms. The van der Waals surface area contributed by atoms with E-state index >= 15 is 0 Å². The molecule has 7 nitrogen and oxygen atoms in total. The van der Waals surface area contributed by atoms with Gasteiger partial charge in [-0.3, -0.25) is 9.89 Å². The predicted octanol–water partition coefficient (Wildman–Crippen LogP) is 2.20. The number of ether oxygens (including phenoxy) is 1. The summed E-state index contributed by atoms with van der Waals surface area (Å²) in [5.74, 6) is 0.546. The Morgan fingerprint density at radius 1 is 1.19 bits per heavy atom. The van der Waals surface area contributed by atoms with Crippen LogP contribution in [0.5, 0.6) is 5.88 Å². The van der Waals surface area contributed by atoms with Crippen LogP contribution in [-0.2, 0) is 25.9 Å². The van der Waals surface area contributed by atoms with E-state index in [1.807, 2.05) is 35.4 Å². The average molecular weight is 363 g/mol. The molecule has 7 heteroatoms. The molecule has 0 spiro atoms. The van der Waals surface area contributed by atoms with E-state index in [4.69, 9.17) is 4.74 Å². The monoisotopic (exact) mass is 363 g/mol. The van der Waals surface area contributed by atoms with Gasteiger partial charge < -0.3 is 14.2 Å². The van der Waals surface area contributed by atoms with Crippen LogP contribution in [0.3, 0.4) is 0 Å². The van der Waals surface area contributed by atoms with Crippen LogP contribution in [-0.4, -0.2) is 43.2 Å². The summed E-state index contributed by atoms with van der Waals surface area (Å²) in [5, 5.41) is 7.36. The van der Waals surface area contributed by atoms with Crippen molar-refractivity contribution in [3.05, 3.63) is 65.4 Å². The van der Waals surface area contributed by atoms with Crippen LogP contribution in [0.4, 0.5) is 0 Å². The number of pyridine rings is 1. The van der Waals surface area contributed by atoms with Crippen LogP contribution in [0.2, 0.25) is 0 Å². The van der Waals surface area contributed by atoms with Crippen molar-refractivity contribution in [3.63, 3.8) is 0 Å². The average Bonchev–Trinajstić information content (AvgIpc) is 3.37. The van der Waals surface area contributed by atoms with Crippen molar-refractivity contribution in [1.29, 1.82) is 0 Å². The van der Waals surface area contributed by atoms with Gasteiger partial charge in [-0.25, -0.2) is 4.98 Å². The normalized spacial score (nSPS) is 18.7. The highest BCUT2D eigenvalue weighted by atomic mass is 16.5. The lowest BCUT2D eigenvalue weighted by molar-refractivity contribution is 0.0639. The Morgan fingerprint density at radius 3 is 3.04 bits per heavy atom. The fourth-order valence-corrected chi connectivity index (χ4v) is 4.02. The maximum Gasteiger partial charge on any atom is 0.275 e. The molecule has 0 fully saturated rings. The lowest BCUT2D eigenvalue weighted by Gasteiger charge is -2.24. The first kappa shape index (κ1) is 16.1. The number of rotatable bonds is 3. The summed E-state index contributed by atoms with van der Waals surface area (Å²) in [4.78, 5) is 19.4. The molecule has 0 radical (unpaired) electrons. The minimum Gasteiger partial charge on any atom is -0.471 e. The van der Waals surface area contributed by atoms with Gasteiger partial charge in [0, 0.05) is 35.4 Å². The molecule has 0 unspecified atom stereocenters. The number of carbonyl (C=O) groups is 1. The molecule has 0 saturated carbocycles. The molecule has 3 aromatic heterocycles. The van der Waals surface area contributed by atoms with Crippen LogP contribution >= 0.6 is 0 Å². The number of hydrogen-bond acceptors (Lipinski definition) is 4. The summed E-state index contributed by atoms with van der Waals surface area (Å²) in [5.41, 5.74) is 3.86. The van der Waals surface area contributed by atoms with Gasteiger partial charge in [0.2, 0.25) is 5.88 Å². The summed E-state index contributed by atoms with van der Waals surface area (Å²) < 4.78 is 8.25. The number of nitrogens with zero attached hydrogens (tertiary/aromatic N) is 4. The summed E-state index contributed by atoms with van der Waals surface area (Å²) in [6, 6.07) is 9.66. The molecular formula is C20H21N5O2. The summed E-state index contributed by atoms with van der Waals surface area (Å²) in [7, 11) is 0. The third-order valence-electron chi connectivity index (χ3n) is 5.32. The van der Waals surface area contributed by atoms with Crippen LogP contribution in [0.15, 0.2) is 42.7 Å². The Balaban J connectivity index is 1.43. The zero-order valence-electron chi connectivity index (χ0n) is 15.0. The fraction of sp³-hybridized carbons (Fsp3) is 0.350. The van der Waals surface area contributed by atoms with Crippen LogP contribution in [0.25, 0.3) is 0 Å². The van der Waals surface area contributed by atoms with Gasteiger partial charge in [-0.1, -0.05) is 6.07 Å². The summed E-state index contributed by atoms with van der Waals surface area (Å²) in [6.07, 6.45) is 6.55. The summed E-state index contributed by atoms with van der Waals surface area (Å²) in [6.45, 7) is 1.73. The molecule has 1 aliphatic heterocycles. The van der Waals surface area contributed by atoms with Crippen molar-refractivity contribution in [2.45, 2.75) is 38.5 Å². The van der Waals surface area contributed by atoms with E-state index in [9.17, 15) is 4.79 Å². The zero-order chi connectivity index (χ0) is 18.2. The lowest BCUT2D eigenvalue weighted by Crippen LogP contribution is -2.39. The van der Waals surface area contributed by atoms with Crippen molar-refractivity contribution in [2.24, 2.45) is 0 Å². The Morgan fingerprint density at radius 2 is 2.15 bits per heavy atom. The molecule has 1 amide bonds. The van der Waals surface area contributed by atoms with Gasteiger partial charge in [0.25, 0.3) is 5.91 Å². The van der Waals surface area contributed by atoms with Crippen molar-refractivity contribution in [3.8, 4) is 5.88 Å². The van der Waals surface area contributed by atoms with Crippen LogP contribution in [0.1, 0.15) is 33.9 Å². The van der Waals surface area contributed by atoms with E-state index in [2.05, 4.69) is 25.8 Å². The largest absolute Gasteiger partial charge is 0.471 e. The molecular weight excluding hydrogens is 342 g/mol. The molecule has 4 heterocycles. The van der Waals surface area contributed by atoms with Crippen LogP contribution < -0.4 is 4.74 Å². The van der Waals surface area contributed by atoms with Crippen molar-refractivity contribution >= 4 is 5.91 Å². The topological polar surface area (TPSA) is 76.0 Å². The van der Waals surface area contributed by atoms with Gasteiger partial charge >= 0.3 is 0 Å². The van der Waals surface area contributed by atoms with Gasteiger partial charge in [-0.2, -0.15) is 5.10 Å². The highest BCUT2D eigenvalue weighted by Crippen LogP contribution is 2.25. The molecule has 5 rings (SSSR count). The number of hydrogen-bond donors (Lipinski definition) is 1. The number of H-pyrrole nitrogens is 1. The standard InChI is InChI=1S/C20H21N5O2/c26-20(19-16-6-3-7-17(16)22-23-19)25-11-14-5-4-10-24(14)12-15(13-25)27-18-8-1-2-9-21-18/h1-2,4-5,8-10,15H,3,6-7,11-13H2,(H,22,23)/t15-/m0/s1. The second kappa shape index (κ2) is 6.57. The Hall–Kier alpha value is -3.09. The molecule has 1 atom stereocenters. The van der Waals surface area contributed by atoms with E-state index < -0.39 is 0 Å². The molecule has 1 aliphatic carbocycles. The van der Waals surface area contributed by atoms with Crippen molar-refractivity contribution in [2.75, 3.05) is 6.54 Å². The van der Waals surface area contributed by atoms with Gasteiger partial charge in [-0.15, -0.1) is 0 Å². The highest BCUT2D eigenvalue weighted by molar-refractivity contribution is 5.94. The number of nitrogens with one attached hydrogen (secondary N) is 1. The van der Waals surface area contributed by atoms with Crippen LogP contribution in [0, 0.1) is 0 Å². The maximum absolute atomic E-state index is 13.3. The third-order valence-corrected chi connectivity index (χ3v) is 5.32. The molecule has 0 saturated heterocycles. The van der Waals surface area contributed by atoms with Gasteiger partial charge in [0.05, 0.1) is 19.6 Å². The third kappa shape index (κ3) is 2.99. The molecule has 0 bridgehead atoms. The minimum atomic E-state index is -0.176. The minimum absolute atomic E-state index is 0.0290. The first-order chi connectivity index (χ1) is 13.3. The number of amides is 1. The number of aromatic amines is 1. The molecule has 0 aromatic carbocycles. The smallest absolute Gasteiger partial charge is 0.275 e. The van der Waals surface area contributed by atoms with E-state index in [0.717, 1.165) is 36.2 Å².